The molecule has 1 aromatic heterocycles. The lowest BCUT2D eigenvalue weighted by Gasteiger charge is -2.31. The lowest BCUT2D eigenvalue weighted by atomic mass is 9.86. The van der Waals surface area contributed by atoms with Crippen molar-refractivity contribution in [3.63, 3.8) is 0 Å². The lowest BCUT2D eigenvalue weighted by Crippen LogP contribution is -2.43. The summed E-state index contributed by atoms with van der Waals surface area (Å²) in [6.07, 6.45) is 3.65. The third kappa shape index (κ3) is 6.45. The minimum Gasteiger partial charge on any atom is -0.389 e. The highest BCUT2D eigenvalue weighted by atomic mass is 32.1. The summed E-state index contributed by atoms with van der Waals surface area (Å²) in [5, 5.41) is 28.1. The molecule has 0 fully saturated rings. The number of aromatic nitrogens is 1. The molecule has 3 N–H and O–H groups in total. The number of aliphatic hydroxyl groups excluding tert-OH is 1. The molecular weight excluding hydrogens is 483 g/mol. The molecule has 0 saturated carbocycles. The van der Waals surface area contributed by atoms with Gasteiger partial charge in [0.15, 0.2) is 5.82 Å². The third-order valence-electron chi connectivity index (χ3n) is 7.01. The van der Waals surface area contributed by atoms with Crippen LogP contribution in [0.2, 0.25) is 0 Å². The summed E-state index contributed by atoms with van der Waals surface area (Å²) in [5.41, 5.74) is 5.99. The number of allylic oxidation sites excluding steroid dienone is 1. The van der Waals surface area contributed by atoms with E-state index in [0.29, 0.717) is 23.5 Å². The Morgan fingerprint density at radius 3 is 2.78 bits per heavy atom. The number of aryl methyl sites for hydroxylation is 2. The Bertz CT molecular complexity index is 1260. The van der Waals surface area contributed by atoms with E-state index < -0.39 is 18.3 Å². The van der Waals surface area contributed by atoms with Crippen LogP contribution in [0, 0.1) is 11.3 Å². The van der Waals surface area contributed by atoms with E-state index in [2.05, 4.69) is 46.2 Å². The van der Waals surface area contributed by atoms with Crippen molar-refractivity contribution in [1.82, 2.24) is 9.69 Å². The van der Waals surface area contributed by atoms with E-state index in [1.165, 1.54) is 41.2 Å². The Hall–Kier alpha value is -3.05. The van der Waals surface area contributed by atoms with Crippen LogP contribution >= 0.6 is 11.5 Å². The number of hydrogen-bond acceptors (Lipinski definition) is 6. The van der Waals surface area contributed by atoms with Gasteiger partial charge < -0.3 is 15.7 Å². The zero-order valence-corrected chi connectivity index (χ0v) is 22.5. The van der Waals surface area contributed by atoms with Crippen molar-refractivity contribution < 1.29 is 9.50 Å². The van der Waals surface area contributed by atoms with Gasteiger partial charge in [0.1, 0.15) is 17.8 Å². The molecule has 0 bridgehead atoms. The summed E-state index contributed by atoms with van der Waals surface area (Å²) in [7, 11) is 0. The van der Waals surface area contributed by atoms with Crippen molar-refractivity contribution in [2.24, 2.45) is 0 Å². The van der Waals surface area contributed by atoms with E-state index >= 15 is 0 Å². The van der Waals surface area contributed by atoms with E-state index in [4.69, 9.17) is 0 Å². The van der Waals surface area contributed by atoms with Crippen molar-refractivity contribution in [3.8, 4) is 16.5 Å². The molecular formula is C30H35FN4OS. The van der Waals surface area contributed by atoms with Gasteiger partial charge in [-0.15, -0.1) is 0 Å². The van der Waals surface area contributed by atoms with Gasteiger partial charge in [0.2, 0.25) is 0 Å². The van der Waals surface area contributed by atoms with Crippen LogP contribution in [0.15, 0.2) is 60.2 Å². The lowest BCUT2D eigenvalue weighted by molar-refractivity contribution is 0.154. The van der Waals surface area contributed by atoms with Crippen LogP contribution < -0.4 is 10.6 Å². The Morgan fingerprint density at radius 1 is 1.30 bits per heavy atom. The van der Waals surface area contributed by atoms with Gasteiger partial charge >= 0.3 is 0 Å². The Labute approximate surface area is 223 Å². The zero-order chi connectivity index (χ0) is 26.4. The number of fused-ring (bicyclic) bond motifs is 1. The predicted molar refractivity (Wildman–Crippen MR) is 150 cm³/mol. The molecule has 37 heavy (non-hydrogen) atoms. The summed E-state index contributed by atoms with van der Waals surface area (Å²) in [6.45, 7) is 5.75. The van der Waals surface area contributed by atoms with E-state index in [1.54, 1.807) is 6.92 Å². The molecule has 0 saturated heterocycles. The first kappa shape index (κ1) is 27.0. The maximum atomic E-state index is 13.9. The van der Waals surface area contributed by atoms with Crippen LogP contribution in [0.3, 0.4) is 0 Å². The molecule has 5 nitrogen and oxygen atoms in total. The fraction of sp³-hybridized carbons (Fsp3) is 0.400. The predicted octanol–water partition coefficient (Wildman–Crippen LogP) is 6.36. The van der Waals surface area contributed by atoms with Crippen LogP contribution in [0.5, 0.6) is 0 Å². The molecule has 1 aliphatic rings. The average Bonchev–Trinajstić information content (AvgIpc) is 3.32. The van der Waals surface area contributed by atoms with Crippen molar-refractivity contribution in [1.29, 1.82) is 5.26 Å². The maximum Gasteiger partial charge on any atom is 0.158 e. The molecule has 4 atom stereocenters. The number of benzene rings is 2. The van der Waals surface area contributed by atoms with E-state index in [1.807, 2.05) is 30.3 Å². The fourth-order valence-electron chi connectivity index (χ4n) is 5.07. The van der Waals surface area contributed by atoms with Gasteiger partial charge in [-0.05, 0) is 85.0 Å². The number of hydrogen-bond donors (Lipinski definition) is 3. The highest BCUT2D eigenvalue weighted by Gasteiger charge is 2.27. The van der Waals surface area contributed by atoms with Gasteiger partial charge in [-0.1, -0.05) is 55.5 Å². The summed E-state index contributed by atoms with van der Waals surface area (Å²) in [5.74, 6) is 0.408. The minimum absolute atomic E-state index is 0.161. The van der Waals surface area contributed by atoms with E-state index in [0.717, 1.165) is 36.1 Å². The van der Waals surface area contributed by atoms with Crippen LogP contribution in [-0.2, 0) is 12.8 Å². The molecule has 4 unspecified atom stereocenters. The normalized spacial score (nSPS) is 17.9. The topological polar surface area (TPSA) is 81.0 Å². The molecule has 4 rings (SSSR count). The smallest absolute Gasteiger partial charge is 0.158 e. The van der Waals surface area contributed by atoms with Crippen LogP contribution in [-0.4, -0.2) is 34.3 Å². The summed E-state index contributed by atoms with van der Waals surface area (Å²) in [4.78, 5) is 0.767. The molecule has 0 spiro atoms. The van der Waals surface area contributed by atoms with Crippen LogP contribution in [0.4, 0.5) is 10.2 Å². The number of nitriles is 1. The van der Waals surface area contributed by atoms with E-state index in [9.17, 15) is 14.8 Å². The van der Waals surface area contributed by atoms with Crippen LogP contribution in [0.1, 0.15) is 61.9 Å². The van der Waals surface area contributed by atoms with Gasteiger partial charge in [0.05, 0.1) is 17.0 Å². The number of nitrogens with one attached hydrogen (secondary N) is 2. The van der Waals surface area contributed by atoms with Crippen molar-refractivity contribution in [2.45, 2.75) is 70.8 Å². The monoisotopic (exact) mass is 518 g/mol. The highest BCUT2D eigenvalue weighted by Crippen LogP contribution is 2.34. The molecule has 1 heterocycles. The van der Waals surface area contributed by atoms with Gasteiger partial charge in [-0.25, -0.2) is 4.39 Å². The summed E-state index contributed by atoms with van der Waals surface area (Å²) >= 11 is 1.24. The Balaban J connectivity index is 1.55. The summed E-state index contributed by atoms with van der Waals surface area (Å²) in [6, 6.07) is 18.2. The number of nitrogens with zero attached hydrogens (tertiary/aromatic N) is 2. The second-order valence-corrected chi connectivity index (χ2v) is 10.5. The van der Waals surface area contributed by atoms with Crippen LogP contribution in [0.25, 0.3) is 10.4 Å². The number of anilines is 1. The minimum atomic E-state index is -1.16. The Morgan fingerprint density at radius 2 is 2.08 bits per heavy atom. The van der Waals surface area contributed by atoms with Crippen molar-refractivity contribution in [3.05, 3.63) is 82.4 Å². The molecule has 0 aliphatic heterocycles. The quantitative estimate of drug-likeness (QED) is 0.272. The molecule has 1 aliphatic carbocycles. The second kappa shape index (κ2) is 12.5. The number of rotatable bonds is 10. The molecule has 0 radical (unpaired) electrons. The fourth-order valence-corrected chi connectivity index (χ4v) is 5.87. The van der Waals surface area contributed by atoms with Crippen molar-refractivity contribution >= 4 is 17.4 Å². The SMILES string of the molecule is CCc1ccc2c(c1)C(NCC(O)C(Nc1nsc(-c3ccccc3)c1C#N)/C(C)=C/C(C)F)CCC2. The second-order valence-electron chi connectivity index (χ2n) is 9.73. The highest BCUT2D eigenvalue weighted by molar-refractivity contribution is 7.10. The molecule has 3 aromatic rings. The first-order chi connectivity index (χ1) is 17.9. The largest absolute Gasteiger partial charge is 0.389 e. The summed E-state index contributed by atoms with van der Waals surface area (Å²) < 4.78 is 18.4. The van der Waals surface area contributed by atoms with Gasteiger partial charge in [0.25, 0.3) is 0 Å². The standard InChI is InChI=1S/C30H35FN4OS/c1-4-21-13-14-22-11-8-12-26(24(22)16-21)33-18-27(36)28(19(2)15-20(3)31)34-30-25(17-32)29(37-35-30)23-9-6-5-7-10-23/h5-7,9-10,13-16,20,26-28,33,36H,4,8,11-12,18H2,1-3H3,(H,34,35)/b19-15+. The first-order valence-corrected chi connectivity index (χ1v) is 13.8. The van der Waals surface area contributed by atoms with Gasteiger partial charge in [0, 0.05) is 12.6 Å². The average molecular weight is 519 g/mol. The number of halogens is 1. The van der Waals surface area contributed by atoms with E-state index in [-0.39, 0.29) is 6.04 Å². The van der Waals surface area contributed by atoms with Crippen molar-refractivity contribution in [2.75, 3.05) is 11.9 Å². The van der Waals surface area contributed by atoms with Gasteiger partial charge in [-0.3, -0.25) is 0 Å². The number of alkyl halides is 1. The molecule has 0 amide bonds. The molecule has 194 valence electrons. The Kier molecular flexibility index (Phi) is 9.09. The molecule has 2 aromatic carbocycles. The first-order valence-electron chi connectivity index (χ1n) is 13.0. The maximum absolute atomic E-state index is 13.9. The van der Waals surface area contributed by atoms with Gasteiger partial charge in [-0.2, -0.15) is 9.64 Å². The zero-order valence-electron chi connectivity index (χ0n) is 21.7. The molecule has 7 heteroatoms. The third-order valence-corrected chi connectivity index (χ3v) is 7.90. The number of aliphatic hydroxyl groups is 1.